The van der Waals surface area contributed by atoms with E-state index in [2.05, 4.69) is 9.80 Å². The Morgan fingerprint density at radius 1 is 0.933 bits per heavy atom. The first-order valence-corrected chi connectivity index (χ1v) is 6.96. The molecule has 2 nitrogen and oxygen atoms in total. The van der Waals surface area contributed by atoms with Crippen LogP contribution >= 0.6 is 11.6 Å². The fourth-order valence-corrected chi connectivity index (χ4v) is 3.15. The van der Waals surface area contributed by atoms with Crippen LogP contribution < -0.4 is 0 Å². The Bertz CT molecular complexity index is 180. The molecular weight excluding hydrogens is 208 g/mol. The number of halogens is 1. The zero-order valence-corrected chi connectivity index (χ0v) is 10.4. The predicted molar refractivity (Wildman–Crippen MR) is 65.6 cm³/mol. The molecule has 2 aliphatic rings. The highest BCUT2D eigenvalue weighted by Crippen LogP contribution is 2.18. The lowest BCUT2D eigenvalue weighted by molar-refractivity contribution is 0.144. The summed E-state index contributed by atoms with van der Waals surface area (Å²) in [6.07, 6.45) is 6.85. The van der Waals surface area contributed by atoms with Crippen LogP contribution in [-0.4, -0.2) is 54.4 Å². The molecule has 0 aliphatic carbocycles. The van der Waals surface area contributed by atoms with E-state index >= 15 is 0 Å². The number of hydrogen-bond donors (Lipinski definition) is 0. The minimum absolute atomic E-state index is 0.656. The lowest BCUT2D eigenvalue weighted by Gasteiger charge is -2.35. The quantitative estimate of drug-likeness (QED) is 0.684. The van der Waals surface area contributed by atoms with Crippen LogP contribution in [0.25, 0.3) is 0 Å². The third-order valence-electron chi connectivity index (χ3n) is 3.83. The minimum atomic E-state index is 0.656. The third-order valence-corrected chi connectivity index (χ3v) is 4.19. The van der Waals surface area contributed by atoms with Crippen molar-refractivity contribution in [3.8, 4) is 0 Å². The van der Waals surface area contributed by atoms with Gasteiger partial charge in [-0.15, -0.1) is 11.6 Å². The van der Waals surface area contributed by atoms with Gasteiger partial charge in [0.05, 0.1) is 0 Å². The van der Waals surface area contributed by atoms with E-state index in [-0.39, 0.29) is 0 Å². The van der Waals surface area contributed by atoms with Crippen molar-refractivity contribution in [3.63, 3.8) is 0 Å². The Labute approximate surface area is 98.6 Å². The number of likely N-dealkylation sites (tertiary alicyclic amines) is 2. The van der Waals surface area contributed by atoms with Gasteiger partial charge in [0.25, 0.3) is 0 Å². The average Bonchev–Trinajstić information content (AvgIpc) is 2.79. The molecule has 1 unspecified atom stereocenters. The van der Waals surface area contributed by atoms with Crippen molar-refractivity contribution in [2.45, 2.75) is 38.1 Å². The Balaban J connectivity index is 1.71. The van der Waals surface area contributed by atoms with E-state index in [1.807, 2.05) is 0 Å². The maximum Gasteiger partial charge on any atom is 0.0379 e. The summed E-state index contributed by atoms with van der Waals surface area (Å²) in [6.45, 7) is 6.40. The SMILES string of the molecule is ClCC1CCCCN1CCN1CCCC1. The molecule has 2 heterocycles. The molecule has 2 aliphatic heterocycles. The third kappa shape index (κ3) is 3.33. The number of hydrogen-bond acceptors (Lipinski definition) is 2. The highest BCUT2D eigenvalue weighted by Gasteiger charge is 2.22. The molecule has 0 amide bonds. The summed E-state index contributed by atoms with van der Waals surface area (Å²) in [5, 5.41) is 0. The van der Waals surface area contributed by atoms with Crippen molar-refractivity contribution in [1.29, 1.82) is 0 Å². The molecule has 2 fully saturated rings. The Morgan fingerprint density at radius 3 is 2.40 bits per heavy atom. The van der Waals surface area contributed by atoms with Crippen molar-refractivity contribution in [2.75, 3.05) is 38.6 Å². The Morgan fingerprint density at radius 2 is 1.67 bits per heavy atom. The number of alkyl halides is 1. The van der Waals surface area contributed by atoms with Gasteiger partial charge in [0.1, 0.15) is 0 Å². The lowest BCUT2D eigenvalue weighted by atomic mass is 10.0. The van der Waals surface area contributed by atoms with Gasteiger partial charge in [-0.2, -0.15) is 0 Å². The van der Waals surface area contributed by atoms with Gasteiger partial charge in [-0.05, 0) is 45.3 Å². The average molecular weight is 231 g/mol. The summed E-state index contributed by atoms with van der Waals surface area (Å²) in [5.41, 5.74) is 0. The topological polar surface area (TPSA) is 6.48 Å². The zero-order valence-electron chi connectivity index (χ0n) is 9.63. The van der Waals surface area contributed by atoms with Gasteiger partial charge in [0, 0.05) is 25.0 Å². The number of piperidine rings is 1. The van der Waals surface area contributed by atoms with Crippen molar-refractivity contribution in [1.82, 2.24) is 9.80 Å². The van der Waals surface area contributed by atoms with Crippen molar-refractivity contribution < 1.29 is 0 Å². The van der Waals surface area contributed by atoms with Crippen LogP contribution in [0.1, 0.15) is 32.1 Å². The van der Waals surface area contributed by atoms with Crippen molar-refractivity contribution >= 4 is 11.6 Å². The molecule has 0 radical (unpaired) electrons. The van der Waals surface area contributed by atoms with E-state index in [4.69, 9.17) is 11.6 Å². The molecule has 3 heteroatoms. The van der Waals surface area contributed by atoms with E-state index in [0.717, 1.165) is 5.88 Å². The second kappa shape index (κ2) is 6.07. The summed E-state index contributed by atoms with van der Waals surface area (Å²) in [6, 6.07) is 0.656. The molecule has 0 bridgehead atoms. The smallest absolute Gasteiger partial charge is 0.0379 e. The molecule has 2 rings (SSSR count). The molecule has 0 aromatic rings. The second-order valence-electron chi connectivity index (χ2n) is 4.89. The van der Waals surface area contributed by atoms with Crippen LogP contribution in [0.4, 0.5) is 0 Å². The van der Waals surface area contributed by atoms with E-state index < -0.39 is 0 Å². The molecule has 2 saturated heterocycles. The summed E-state index contributed by atoms with van der Waals surface area (Å²) in [4.78, 5) is 5.20. The molecule has 88 valence electrons. The van der Waals surface area contributed by atoms with Gasteiger partial charge >= 0.3 is 0 Å². The second-order valence-corrected chi connectivity index (χ2v) is 5.20. The monoisotopic (exact) mass is 230 g/mol. The van der Waals surface area contributed by atoms with Gasteiger partial charge in [-0.25, -0.2) is 0 Å². The van der Waals surface area contributed by atoms with Crippen molar-refractivity contribution in [3.05, 3.63) is 0 Å². The molecule has 0 saturated carbocycles. The Hall–Kier alpha value is 0.210. The first kappa shape index (κ1) is 11.7. The van der Waals surface area contributed by atoms with Gasteiger partial charge in [-0.3, -0.25) is 4.90 Å². The van der Waals surface area contributed by atoms with Crippen LogP contribution in [0.2, 0.25) is 0 Å². The van der Waals surface area contributed by atoms with Gasteiger partial charge < -0.3 is 4.90 Å². The fourth-order valence-electron chi connectivity index (χ4n) is 2.81. The van der Waals surface area contributed by atoms with Crippen LogP contribution in [0.15, 0.2) is 0 Å². The highest BCUT2D eigenvalue weighted by molar-refractivity contribution is 6.18. The standard InChI is InChI=1S/C12H23ClN2/c13-11-12-5-1-2-8-15(12)10-9-14-6-3-4-7-14/h12H,1-11H2. The zero-order chi connectivity index (χ0) is 10.5. The molecule has 0 aromatic heterocycles. The summed E-state index contributed by atoms with van der Waals surface area (Å²) in [5.74, 6) is 0.819. The van der Waals surface area contributed by atoms with E-state index in [9.17, 15) is 0 Å². The molecule has 1 atom stereocenters. The van der Waals surface area contributed by atoms with Gasteiger partial charge in [0.2, 0.25) is 0 Å². The maximum atomic E-state index is 6.02. The van der Waals surface area contributed by atoms with Crippen LogP contribution in [0, 0.1) is 0 Å². The van der Waals surface area contributed by atoms with Gasteiger partial charge in [0.15, 0.2) is 0 Å². The van der Waals surface area contributed by atoms with E-state index in [1.165, 1.54) is 64.8 Å². The molecule has 0 N–H and O–H groups in total. The maximum absolute atomic E-state index is 6.02. The Kier molecular flexibility index (Phi) is 4.73. The molecule has 0 aromatic carbocycles. The highest BCUT2D eigenvalue weighted by atomic mass is 35.5. The van der Waals surface area contributed by atoms with Crippen LogP contribution in [0.5, 0.6) is 0 Å². The molecule has 0 spiro atoms. The largest absolute Gasteiger partial charge is 0.302 e. The van der Waals surface area contributed by atoms with Gasteiger partial charge in [-0.1, -0.05) is 6.42 Å². The summed E-state index contributed by atoms with van der Waals surface area (Å²) >= 11 is 6.02. The summed E-state index contributed by atoms with van der Waals surface area (Å²) < 4.78 is 0. The summed E-state index contributed by atoms with van der Waals surface area (Å²) in [7, 11) is 0. The minimum Gasteiger partial charge on any atom is -0.302 e. The normalized spacial score (nSPS) is 29.8. The fraction of sp³-hybridized carbons (Fsp3) is 1.00. The van der Waals surface area contributed by atoms with E-state index in [0.29, 0.717) is 6.04 Å². The lowest BCUT2D eigenvalue weighted by Crippen LogP contribution is -2.44. The van der Waals surface area contributed by atoms with Crippen LogP contribution in [0.3, 0.4) is 0 Å². The number of nitrogens with zero attached hydrogens (tertiary/aromatic N) is 2. The first-order chi connectivity index (χ1) is 7.40. The van der Waals surface area contributed by atoms with Crippen LogP contribution in [-0.2, 0) is 0 Å². The molecular formula is C12H23ClN2. The predicted octanol–water partition coefficient (Wildman–Crippen LogP) is 2.18. The van der Waals surface area contributed by atoms with Crippen molar-refractivity contribution in [2.24, 2.45) is 0 Å². The first-order valence-electron chi connectivity index (χ1n) is 6.42. The van der Waals surface area contributed by atoms with E-state index in [1.54, 1.807) is 0 Å². The number of rotatable bonds is 4. The molecule has 15 heavy (non-hydrogen) atoms.